The molecule has 15 rings (SSSR count). The van der Waals surface area contributed by atoms with Crippen molar-refractivity contribution >= 4 is 121 Å². The number of furan rings is 2. The lowest BCUT2D eigenvalue weighted by atomic mass is 9.81. The van der Waals surface area contributed by atoms with E-state index in [1.807, 2.05) is 0 Å². The second kappa shape index (κ2) is 17.7. The minimum absolute atomic E-state index is 0.492. The highest BCUT2D eigenvalue weighted by atomic mass is 16.3. The van der Waals surface area contributed by atoms with E-state index in [0.717, 1.165) is 66.6 Å². The summed E-state index contributed by atoms with van der Waals surface area (Å²) in [6.45, 7) is 0. The number of hydrogen-bond donors (Lipinski definition) is 0. The zero-order chi connectivity index (χ0) is 48.7. The normalized spacial score (nSPS) is 14.9. The van der Waals surface area contributed by atoms with Crippen LogP contribution in [0.1, 0.15) is 87.2 Å². The monoisotopic (exact) mass is 956 g/mol. The first kappa shape index (κ1) is 43.3. The zero-order valence-corrected chi connectivity index (χ0v) is 41.6. The van der Waals surface area contributed by atoms with Crippen LogP contribution in [0.25, 0.3) is 87.0 Å². The summed E-state index contributed by atoms with van der Waals surface area (Å²) in [4.78, 5) is 5.20. The Kier molecular flexibility index (Phi) is 10.3. The Morgan fingerprint density at radius 3 is 1.16 bits per heavy atom. The Bertz CT molecular complexity index is 4040. The molecule has 11 aromatic carbocycles. The third-order valence-corrected chi connectivity index (χ3v) is 16.9. The Hall–Kier alpha value is -8.34. The van der Waals surface area contributed by atoms with E-state index < -0.39 is 0 Å². The van der Waals surface area contributed by atoms with Crippen molar-refractivity contribution in [3.63, 3.8) is 0 Å². The molecule has 0 atom stereocenters. The van der Waals surface area contributed by atoms with Crippen molar-refractivity contribution in [2.75, 3.05) is 9.80 Å². The van der Waals surface area contributed by atoms with Crippen LogP contribution in [0.4, 0.5) is 34.1 Å². The molecule has 0 amide bonds. The molecule has 0 aliphatic heterocycles. The fraction of sp³-hybridized carbons (Fsp3) is 0.171. The van der Waals surface area contributed by atoms with Crippen LogP contribution in [-0.4, -0.2) is 0 Å². The summed E-state index contributed by atoms with van der Waals surface area (Å²) in [5.41, 5.74) is 13.2. The third kappa shape index (κ3) is 7.10. The molecular formula is C70H56N2O2. The molecule has 0 spiro atoms. The van der Waals surface area contributed by atoms with Gasteiger partial charge in [-0.2, -0.15) is 0 Å². The van der Waals surface area contributed by atoms with Gasteiger partial charge in [0, 0.05) is 43.7 Å². The van der Waals surface area contributed by atoms with Crippen LogP contribution in [0.3, 0.4) is 0 Å². The molecule has 13 aromatic rings. The van der Waals surface area contributed by atoms with Gasteiger partial charge < -0.3 is 18.6 Å². The SMILES string of the molecule is c1ccc2cc(N(c3c4ccc(C5CCCCC5)cc4c(N(c4ccc5ccccc5c4)c4cccc5oc6ccccc6c45)c4ccc(C5CCCCC5)cc34)c3cccc4oc5ccccc5c34)ccc2c1. The maximum absolute atomic E-state index is 6.74. The van der Waals surface area contributed by atoms with Gasteiger partial charge in [-0.15, -0.1) is 0 Å². The second-order valence-corrected chi connectivity index (χ2v) is 21.2. The number of hydrogen-bond acceptors (Lipinski definition) is 4. The molecule has 0 bridgehead atoms. The minimum Gasteiger partial charge on any atom is -0.456 e. The molecule has 2 heterocycles. The average Bonchev–Trinajstić information content (AvgIpc) is 4.09. The van der Waals surface area contributed by atoms with Crippen molar-refractivity contribution in [2.45, 2.75) is 76.0 Å². The average molecular weight is 957 g/mol. The molecule has 0 N–H and O–H groups in total. The lowest BCUT2D eigenvalue weighted by Crippen LogP contribution is -2.16. The van der Waals surface area contributed by atoms with Gasteiger partial charge in [0.25, 0.3) is 0 Å². The van der Waals surface area contributed by atoms with Gasteiger partial charge in [0.2, 0.25) is 0 Å². The van der Waals surface area contributed by atoms with Gasteiger partial charge >= 0.3 is 0 Å². The summed E-state index contributed by atoms with van der Waals surface area (Å²) < 4.78 is 13.5. The highest BCUT2D eigenvalue weighted by Gasteiger charge is 2.31. The molecule has 4 heteroatoms. The number of nitrogens with zero attached hydrogens (tertiary/aromatic N) is 2. The van der Waals surface area contributed by atoms with Gasteiger partial charge in [0.15, 0.2) is 0 Å². The molecule has 2 aliphatic rings. The van der Waals surface area contributed by atoms with E-state index in [1.165, 1.54) is 130 Å². The molecule has 2 aliphatic carbocycles. The molecule has 2 saturated carbocycles. The largest absolute Gasteiger partial charge is 0.456 e. The Labute approximate surface area is 431 Å². The van der Waals surface area contributed by atoms with Gasteiger partial charge in [0.1, 0.15) is 22.3 Å². The number of anilines is 6. The third-order valence-electron chi connectivity index (χ3n) is 16.9. The second-order valence-electron chi connectivity index (χ2n) is 21.2. The van der Waals surface area contributed by atoms with Crippen LogP contribution in [0.15, 0.2) is 215 Å². The van der Waals surface area contributed by atoms with Gasteiger partial charge in [-0.1, -0.05) is 172 Å². The number of benzene rings is 11. The fourth-order valence-electron chi connectivity index (χ4n) is 13.4. The smallest absolute Gasteiger partial charge is 0.137 e. The van der Waals surface area contributed by atoms with E-state index in [9.17, 15) is 0 Å². The first-order valence-electron chi connectivity index (χ1n) is 27.1. The lowest BCUT2D eigenvalue weighted by Gasteiger charge is -2.34. The quantitative estimate of drug-likeness (QED) is 0.112. The highest BCUT2D eigenvalue weighted by molar-refractivity contribution is 6.27. The topological polar surface area (TPSA) is 32.8 Å². The standard InChI is InChI=1S/C70H56N2O2/c1-3-17-45(18-4-1)51-35-39-55-59(43-51)69(71(53-37-33-47-21-7-9-23-49(47)41-53)61-27-15-31-65-67(61)57-25-11-13-29-63(57)73-65)56-40-36-52(46-19-5-2-6-20-46)44-60(56)70(55)72(54-38-34-48-22-8-10-24-50(48)42-54)62-28-16-32-66-68(62)58-26-12-14-30-64(58)74-66/h7-16,21-46H,1-6,17-20H2. The molecule has 4 nitrogen and oxygen atoms in total. The fourth-order valence-corrected chi connectivity index (χ4v) is 13.4. The van der Waals surface area contributed by atoms with Crippen LogP contribution >= 0.6 is 0 Å². The van der Waals surface area contributed by atoms with Crippen LogP contribution in [0.2, 0.25) is 0 Å². The van der Waals surface area contributed by atoms with Gasteiger partial charge in [-0.3, -0.25) is 0 Å². The summed E-state index contributed by atoms with van der Waals surface area (Å²) in [5.74, 6) is 0.985. The summed E-state index contributed by atoms with van der Waals surface area (Å²) in [7, 11) is 0. The molecule has 0 unspecified atom stereocenters. The maximum atomic E-state index is 6.74. The van der Waals surface area contributed by atoms with Gasteiger partial charge in [-0.05, 0) is 143 Å². The highest BCUT2D eigenvalue weighted by Crippen LogP contribution is 2.55. The van der Waals surface area contributed by atoms with Crippen LogP contribution in [-0.2, 0) is 0 Å². The molecule has 0 radical (unpaired) electrons. The first-order chi connectivity index (χ1) is 36.7. The van der Waals surface area contributed by atoms with E-state index in [4.69, 9.17) is 8.83 Å². The molecular weight excluding hydrogens is 901 g/mol. The molecule has 2 fully saturated rings. The van der Waals surface area contributed by atoms with E-state index in [1.54, 1.807) is 0 Å². The van der Waals surface area contributed by atoms with Crippen molar-refractivity contribution in [3.05, 3.63) is 217 Å². The number of rotatable bonds is 8. The molecule has 358 valence electrons. The predicted molar refractivity (Wildman–Crippen MR) is 312 cm³/mol. The van der Waals surface area contributed by atoms with E-state index >= 15 is 0 Å². The first-order valence-corrected chi connectivity index (χ1v) is 27.1. The Morgan fingerprint density at radius 1 is 0.297 bits per heavy atom. The van der Waals surface area contributed by atoms with Crippen molar-refractivity contribution in [1.29, 1.82) is 0 Å². The van der Waals surface area contributed by atoms with Gasteiger partial charge in [0.05, 0.1) is 33.5 Å². The van der Waals surface area contributed by atoms with E-state index in [0.29, 0.717) is 11.8 Å². The van der Waals surface area contributed by atoms with Gasteiger partial charge in [-0.25, -0.2) is 0 Å². The van der Waals surface area contributed by atoms with E-state index in [-0.39, 0.29) is 0 Å². The zero-order valence-electron chi connectivity index (χ0n) is 41.6. The van der Waals surface area contributed by atoms with Crippen LogP contribution in [0, 0.1) is 0 Å². The molecule has 74 heavy (non-hydrogen) atoms. The minimum atomic E-state index is 0.492. The predicted octanol–water partition coefficient (Wildman–Crippen LogP) is 21.1. The van der Waals surface area contributed by atoms with E-state index in [2.05, 4.69) is 216 Å². The summed E-state index contributed by atoms with van der Waals surface area (Å²) in [5, 5.41) is 14.2. The number of fused-ring (bicyclic) bond motifs is 10. The van der Waals surface area contributed by atoms with Crippen molar-refractivity contribution in [1.82, 2.24) is 0 Å². The maximum Gasteiger partial charge on any atom is 0.137 e. The summed E-state index contributed by atoms with van der Waals surface area (Å²) in [6, 6.07) is 77.2. The molecule has 0 saturated heterocycles. The van der Waals surface area contributed by atoms with Crippen LogP contribution < -0.4 is 9.80 Å². The van der Waals surface area contributed by atoms with Crippen molar-refractivity contribution in [3.8, 4) is 0 Å². The number of para-hydroxylation sites is 2. The lowest BCUT2D eigenvalue weighted by molar-refractivity contribution is 0.444. The Morgan fingerprint density at radius 2 is 0.703 bits per heavy atom. The summed E-state index contributed by atoms with van der Waals surface area (Å²) in [6.07, 6.45) is 12.5. The Balaban J connectivity index is 1.13. The van der Waals surface area contributed by atoms with Crippen molar-refractivity contribution in [2.24, 2.45) is 0 Å². The molecule has 2 aromatic heterocycles. The summed E-state index contributed by atoms with van der Waals surface area (Å²) >= 11 is 0. The van der Waals surface area contributed by atoms with Crippen LogP contribution in [0.5, 0.6) is 0 Å². The van der Waals surface area contributed by atoms with Crippen molar-refractivity contribution < 1.29 is 8.83 Å².